The molecule has 8 heteroatoms. The molecule has 2 aromatic rings. The van der Waals surface area contributed by atoms with Crippen molar-refractivity contribution in [1.82, 2.24) is 4.98 Å². The Balaban J connectivity index is 2.68. The lowest BCUT2D eigenvalue weighted by molar-refractivity contribution is -0.118. The Hall–Kier alpha value is -3.29. The maximum Gasteiger partial charge on any atom is 0.343 e. The molecule has 0 saturated carbocycles. The number of nitrogens with two attached hydrogens (primary N) is 1. The molecule has 0 radical (unpaired) electrons. The molecule has 0 bridgehead atoms. The summed E-state index contributed by atoms with van der Waals surface area (Å²) in [6, 6.07) is 5.85. The lowest BCUT2D eigenvalue weighted by atomic mass is 9.87. The number of ether oxygens (including phenoxy) is 1. The average molecular weight is 332 g/mol. The topological polar surface area (TPSA) is 143 Å². The second kappa shape index (κ2) is 6.86. The molecule has 0 spiro atoms. The van der Waals surface area contributed by atoms with E-state index in [1.165, 1.54) is 18.2 Å². The zero-order valence-electron chi connectivity index (χ0n) is 12.8. The average Bonchev–Trinajstić information content (AvgIpc) is 2.53. The monoisotopic (exact) mass is 332 g/mol. The zero-order valence-corrected chi connectivity index (χ0v) is 12.8. The van der Waals surface area contributed by atoms with Gasteiger partial charge in [-0.25, -0.2) is 4.79 Å². The molecule has 1 aromatic carbocycles. The van der Waals surface area contributed by atoms with E-state index >= 15 is 0 Å². The summed E-state index contributed by atoms with van der Waals surface area (Å²) in [5, 5.41) is 20.0. The fraction of sp³-hybridized carbons (Fsp3) is 0.188. The van der Waals surface area contributed by atoms with Gasteiger partial charge in [-0.2, -0.15) is 0 Å². The molecule has 1 aromatic heterocycles. The number of aromatic nitrogens is 1. The highest BCUT2D eigenvalue weighted by atomic mass is 16.5. The van der Waals surface area contributed by atoms with Crippen LogP contribution in [0.1, 0.15) is 33.8 Å². The fourth-order valence-electron chi connectivity index (χ4n) is 2.45. The molecule has 5 N–H and O–H groups in total. The number of carbonyl (C=O) groups is 2. The number of phenols is 1. The van der Waals surface area contributed by atoms with Gasteiger partial charge in [-0.05, 0) is 17.7 Å². The second-order valence-corrected chi connectivity index (χ2v) is 5.10. The van der Waals surface area contributed by atoms with Gasteiger partial charge >= 0.3 is 5.97 Å². The third-order valence-corrected chi connectivity index (χ3v) is 3.53. The van der Waals surface area contributed by atoms with Gasteiger partial charge in [0.05, 0.1) is 12.7 Å². The SMILES string of the molecule is COC(=O)c1c[nH]c(=O)c([C@@H](CC(N)=O)c2cccc(O)c2)c1O. The van der Waals surface area contributed by atoms with Crippen LogP contribution in [0.5, 0.6) is 11.5 Å². The standard InChI is InChI=1S/C16H16N2O6/c1-24-16(23)11-7-18-15(22)13(14(11)21)10(6-12(17)20)8-3-2-4-9(19)5-8/h2-5,7,10,19H,6H2,1H3,(H2,17,20)(H2,18,21,22)/t10-/m0/s1. The van der Waals surface area contributed by atoms with Gasteiger partial charge in [0.1, 0.15) is 17.1 Å². The Bertz CT molecular complexity index is 843. The van der Waals surface area contributed by atoms with E-state index in [0.717, 1.165) is 13.3 Å². The molecular weight excluding hydrogens is 316 g/mol. The van der Waals surface area contributed by atoms with Gasteiger partial charge in [-0.3, -0.25) is 9.59 Å². The minimum absolute atomic E-state index is 0.0815. The van der Waals surface area contributed by atoms with Crippen LogP contribution in [-0.4, -0.2) is 34.2 Å². The van der Waals surface area contributed by atoms with Gasteiger partial charge in [-0.1, -0.05) is 12.1 Å². The number of benzene rings is 1. The number of methoxy groups -OCH3 is 1. The van der Waals surface area contributed by atoms with Crippen LogP contribution >= 0.6 is 0 Å². The summed E-state index contributed by atoms with van der Waals surface area (Å²) in [7, 11) is 1.13. The molecular formula is C16H16N2O6. The molecule has 0 aliphatic carbocycles. The summed E-state index contributed by atoms with van der Waals surface area (Å²) in [5.41, 5.74) is 4.49. The van der Waals surface area contributed by atoms with Gasteiger partial charge < -0.3 is 25.7 Å². The van der Waals surface area contributed by atoms with Crippen LogP contribution in [0.4, 0.5) is 0 Å². The largest absolute Gasteiger partial charge is 0.508 e. The van der Waals surface area contributed by atoms with Crippen molar-refractivity contribution in [3.05, 3.63) is 57.5 Å². The number of pyridine rings is 1. The number of carbonyl (C=O) groups excluding carboxylic acids is 2. The van der Waals surface area contributed by atoms with E-state index < -0.39 is 29.1 Å². The molecule has 1 heterocycles. The van der Waals surface area contributed by atoms with Crippen LogP contribution in [0.2, 0.25) is 0 Å². The number of H-pyrrole nitrogens is 1. The van der Waals surface area contributed by atoms with Crippen LogP contribution in [0, 0.1) is 0 Å². The number of hydrogen-bond acceptors (Lipinski definition) is 6. The first-order valence-electron chi connectivity index (χ1n) is 6.95. The maximum absolute atomic E-state index is 12.2. The molecule has 0 unspecified atom stereocenters. The minimum atomic E-state index is -0.942. The highest BCUT2D eigenvalue weighted by Crippen LogP contribution is 2.34. The van der Waals surface area contributed by atoms with E-state index in [4.69, 9.17) is 5.73 Å². The number of hydrogen-bond donors (Lipinski definition) is 4. The van der Waals surface area contributed by atoms with E-state index in [-0.39, 0.29) is 23.3 Å². The van der Waals surface area contributed by atoms with Crippen LogP contribution in [0.25, 0.3) is 0 Å². The van der Waals surface area contributed by atoms with E-state index in [1.807, 2.05) is 0 Å². The first-order chi connectivity index (χ1) is 11.3. The Morgan fingerprint density at radius 2 is 2.04 bits per heavy atom. The number of aromatic hydroxyl groups is 2. The van der Waals surface area contributed by atoms with Crippen LogP contribution < -0.4 is 11.3 Å². The highest BCUT2D eigenvalue weighted by molar-refractivity contribution is 5.92. The molecule has 0 aliphatic heterocycles. The Kier molecular flexibility index (Phi) is 4.88. The number of nitrogens with one attached hydrogen (secondary N) is 1. The van der Waals surface area contributed by atoms with Gasteiger partial charge in [0.15, 0.2) is 0 Å². The van der Waals surface area contributed by atoms with Gasteiger partial charge in [0.2, 0.25) is 5.91 Å². The predicted octanol–water partition coefficient (Wildman–Crippen LogP) is 0.580. The number of rotatable bonds is 5. The first kappa shape index (κ1) is 17.1. The van der Waals surface area contributed by atoms with Crippen molar-refractivity contribution in [3.8, 4) is 11.5 Å². The second-order valence-electron chi connectivity index (χ2n) is 5.10. The van der Waals surface area contributed by atoms with Crippen LogP contribution in [0.3, 0.4) is 0 Å². The van der Waals surface area contributed by atoms with E-state index in [0.29, 0.717) is 5.56 Å². The first-order valence-corrected chi connectivity index (χ1v) is 6.95. The molecule has 2 rings (SSSR count). The van der Waals surface area contributed by atoms with Crippen LogP contribution in [0.15, 0.2) is 35.3 Å². The molecule has 0 saturated heterocycles. The van der Waals surface area contributed by atoms with Crippen molar-refractivity contribution in [2.45, 2.75) is 12.3 Å². The van der Waals surface area contributed by atoms with Crippen molar-refractivity contribution < 1.29 is 24.5 Å². The number of esters is 1. The molecule has 8 nitrogen and oxygen atoms in total. The van der Waals surface area contributed by atoms with Crippen molar-refractivity contribution in [2.24, 2.45) is 5.73 Å². The Morgan fingerprint density at radius 1 is 1.33 bits per heavy atom. The predicted molar refractivity (Wildman–Crippen MR) is 83.8 cm³/mol. The zero-order chi connectivity index (χ0) is 17.9. The lowest BCUT2D eigenvalue weighted by Gasteiger charge is -2.18. The lowest BCUT2D eigenvalue weighted by Crippen LogP contribution is -2.23. The molecule has 0 aliphatic rings. The van der Waals surface area contributed by atoms with Crippen molar-refractivity contribution in [2.75, 3.05) is 7.11 Å². The number of amides is 1. The number of aromatic amines is 1. The minimum Gasteiger partial charge on any atom is -0.508 e. The summed E-state index contributed by atoms with van der Waals surface area (Å²) in [6.07, 6.45) is 0.724. The van der Waals surface area contributed by atoms with Crippen molar-refractivity contribution in [3.63, 3.8) is 0 Å². The summed E-state index contributed by atoms with van der Waals surface area (Å²) in [5.74, 6) is -3.19. The Labute approximate surface area is 136 Å². The van der Waals surface area contributed by atoms with Crippen molar-refractivity contribution >= 4 is 11.9 Å². The van der Waals surface area contributed by atoms with E-state index in [1.54, 1.807) is 6.07 Å². The normalized spacial score (nSPS) is 11.7. The third-order valence-electron chi connectivity index (χ3n) is 3.53. The summed E-state index contributed by atoms with van der Waals surface area (Å²) < 4.78 is 4.55. The van der Waals surface area contributed by atoms with Crippen molar-refractivity contribution in [1.29, 1.82) is 0 Å². The molecule has 1 amide bonds. The molecule has 0 fully saturated rings. The maximum atomic E-state index is 12.2. The smallest absolute Gasteiger partial charge is 0.343 e. The van der Waals surface area contributed by atoms with Gasteiger partial charge in [0.25, 0.3) is 5.56 Å². The molecule has 126 valence electrons. The van der Waals surface area contributed by atoms with E-state index in [2.05, 4.69) is 9.72 Å². The molecule has 1 atom stereocenters. The number of primary amides is 1. The quantitative estimate of drug-likeness (QED) is 0.590. The van der Waals surface area contributed by atoms with Gasteiger partial charge in [-0.15, -0.1) is 0 Å². The third kappa shape index (κ3) is 3.37. The fourth-order valence-corrected chi connectivity index (χ4v) is 2.45. The Morgan fingerprint density at radius 3 is 2.62 bits per heavy atom. The summed E-state index contributed by atoms with van der Waals surface area (Å²) in [6.45, 7) is 0. The van der Waals surface area contributed by atoms with E-state index in [9.17, 15) is 24.6 Å². The number of phenolic OH excluding ortho intramolecular Hbond substituents is 1. The highest BCUT2D eigenvalue weighted by Gasteiger charge is 2.27. The van der Waals surface area contributed by atoms with Gasteiger partial charge in [0, 0.05) is 18.5 Å². The summed E-state index contributed by atoms with van der Waals surface area (Å²) >= 11 is 0. The molecule has 24 heavy (non-hydrogen) atoms. The summed E-state index contributed by atoms with van der Waals surface area (Å²) in [4.78, 5) is 37.6. The van der Waals surface area contributed by atoms with Crippen LogP contribution in [-0.2, 0) is 9.53 Å².